The van der Waals surface area contributed by atoms with Gasteiger partial charge in [-0.1, -0.05) is 0 Å². The maximum Gasteiger partial charge on any atom is 0.415 e. The molecule has 1 atom stereocenters. The molecular formula is C16H22N2O3. The summed E-state index contributed by atoms with van der Waals surface area (Å²) in [5, 5.41) is 3.38. The molecule has 1 amide bonds. The molecule has 1 N–H and O–H groups in total. The lowest BCUT2D eigenvalue weighted by Crippen LogP contribution is -2.53. The monoisotopic (exact) mass is 290 g/mol. The summed E-state index contributed by atoms with van der Waals surface area (Å²) in [5.74, 6) is 1.24. The number of methoxy groups -OCH3 is 1. The summed E-state index contributed by atoms with van der Waals surface area (Å²) in [6.45, 7) is 4.61. The van der Waals surface area contributed by atoms with Crippen molar-refractivity contribution < 1.29 is 14.3 Å². The number of cyclic esters (lactones) is 1. The Hall–Kier alpha value is -1.75. The minimum absolute atomic E-state index is 0.249. The first-order valence-electron chi connectivity index (χ1n) is 7.47. The van der Waals surface area contributed by atoms with Gasteiger partial charge in [-0.2, -0.15) is 0 Å². The second-order valence-electron chi connectivity index (χ2n) is 5.97. The summed E-state index contributed by atoms with van der Waals surface area (Å²) in [6, 6.07) is 7.60. The summed E-state index contributed by atoms with van der Waals surface area (Å²) in [4.78, 5) is 14.1. The molecule has 5 heteroatoms. The van der Waals surface area contributed by atoms with Crippen LogP contribution in [0.1, 0.15) is 19.8 Å². The normalized spacial score (nSPS) is 26.8. The number of carbonyl (C=O) groups is 1. The van der Waals surface area contributed by atoms with E-state index in [1.807, 2.05) is 29.2 Å². The highest BCUT2D eigenvalue weighted by molar-refractivity contribution is 5.91. The van der Waals surface area contributed by atoms with Crippen LogP contribution in [0.3, 0.4) is 0 Å². The number of hydrogen-bond acceptors (Lipinski definition) is 4. The number of piperidine rings is 1. The van der Waals surface area contributed by atoms with Crippen molar-refractivity contribution in [3.63, 3.8) is 0 Å². The van der Waals surface area contributed by atoms with Crippen LogP contribution in [0.4, 0.5) is 10.5 Å². The van der Waals surface area contributed by atoms with Gasteiger partial charge in [0.15, 0.2) is 0 Å². The molecule has 0 aromatic heterocycles. The Labute approximate surface area is 125 Å². The van der Waals surface area contributed by atoms with Gasteiger partial charge in [0.05, 0.1) is 12.6 Å². The van der Waals surface area contributed by atoms with Gasteiger partial charge < -0.3 is 14.8 Å². The molecule has 5 nitrogen and oxygen atoms in total. The van der Waals surface area contributed by atoms with Gasteiger partial charge in [-0.25, -0.2) is 4.79 Å². The van der Waals surface area contributed by atoms with Gasteiger partial charge in [-0.15, -0.1) is 0 Å². The molecule has 0 saturated carbocycles. The number of ether oxygens (including phenoxy) is 2. The highest BCUT2D eigenvalue weighted by atomic mass is 16.6. The fraction of sp³-hybridized carbons (Fsp3) is 0.562. The van der Waals surface area contributed by atoms with Crippen molar-refractivity contribution in [1.82, 2.24) is 5.32 Å². The van der Waals surface area contributed by atoms with E-state index in [9.17, 15) is 4.79 Å². The highest BCUT2D eigenvalue weighted by Gasteiger charge is 2.49. The lowest BCUT2D eigenvalue weighted by atomic mass is 9.79. The topological polar surface area (TPSA) is 50.8 Å². The predicted octanol–water partition coefficient (Wildman–Crippen LogP) is 2.41. The van der Waals surface area contributed by atoms with Crippen LogP contribution >= 0.6 is 0 Å². The molecule has 1 aromatic carbocycles. The summed E-state index contributed by atoms with van der Waals surface area (Å²) in [5.41, 5.74) is 0.604. The van der Waals surface area contributed by atoms with Gasteiger partial charge in [0.2, 0.25) is 0 Å². The zero-order valence-corrected chi connectivity index (χ0v) is 12.6. The fourth-order valence-corrected chi connectivity index (χ4v) is 3.42. The zero-order valence-electron chi connectivity index (χ0n) is 12.6. The highest BCUT2D eigenvalue weighted by Crippen LogP contribution is 2.39. The van der Waals surface area contributed by atoms with E-state index in [1.54, 1.807) is 7.11 Å². The third-order valence-corrected chi connectivity index (χ3v) is 4.73. The number of nitrogens with one attached hydrogen (secondary N) is 1. The number of nitrogens with zero attached hydrogens (tertiary/aromatic N) is 1. The first-order chi connectivity index (χ1) is 10.1. The fourth-order valence-electron chi connectivity index (χ4n) is 3.42. The molecule has 2 saturated heterocycles. The molecular weight excluding hydrogens is 268 g/mol. The van der Waals surface area contributed by atoms with Gasteiger partial charge in [0.1, 0.15) is 12.4 Å². The van der Waals surface area contributed by atoms with Crippen molar-refractivity contribution in [1.29, 1.82) is 0 Å². The quantitative estimate of drug-likeness (QED) is 0.929. The number of carbonyl (C=O) groups excluding carboxylic acids is 1. The third-order valence-electron chi connectivity index (χ3n) is 4.73. The molecule has 1 aromatic rings. The van der Waals surface area contributed by atoms with Gasteiger partial charge in [0, 0.05) is 5.69 Å². The summed E-state index contributed by atoms with van der Waals surface area (Å²) < 4.78 is 10.6. The van der Waals surface area contributed by atoms with Crippen molar-refractivity contribution in [2.75, 3.05) is 31.7 Å². The number of anilines is 1. The Morgan fingerprint density at radius 3 is 2.57 bits per heavy atom. The van der Waals surface area contributed by atoms with Crippen LogP contribution in [0.5, 0.6) is 5.75 Å². The molecule has 0 aliphatic carbocycles. The molecule has 0 radical (unpaired) electrons. The van der Waals surface area contributed by atoms with Crippen LogP contribution in [0.25, 0.3) is 0 Å². The number of hydrogen-bond donors (Lipinski definition) is 1. The smallest absolute Gasteiger partial charge is 0.415 e. The predicted molar refractivity (Wildman–Crippen MR) is 80.8 cm³/mol. The van der Waals surface area contributed by atoms with Crippen molar-refractivity contribution in [3.05, 3.63) is 24.3 Å². The van der Waals surface area contributed by atoms with Crippen LogP contribution in [0.2, 0.25) is 0 Å². The van der Waals surface area contributed by atoms with Gasteiger partial charge in [0.25, 0.3) is 0 Å². The molecule has 114 valence electrons. The van der Waals surface area contributed by atoms with E-state index in [0.717, 1.165) is 37.4 Å². The molecule has 1 unspecified atom stereocenters. The summed E-state index contributed by atoms with van der Waals surface area (Å²) in [6.07, 6.45) is 1.89. The molecule has 2 heterocycles. The average Bonchev–Trinajstić information content (AvgIpc) is 2.85. The van der Waals surface area contributed by atoms with E-state index in [1.165, 1.54) is 0 Å². The molecule has 3 rings (SSSR count). The maximum absolute atomic E-state index is 12.2. The average molecular weight is 290 g/mol. The van der Waals surface area contributed by atoms with Gasteiger partial charge >= 0.3 is 6.09 Å². The van der Waals surface area contributed by atoms with E-state index in [2.05, 4.69) is 12.2 Å². The van der Waals surface area contributed by atoms with E-state index in [-0.39, 0.29) is 11.6 Å². The van der Waals surface area contributed by atoms with Crippen LogP contribution in [0.15, 0.2) is 24.3 Å². The largest absolute Gasteiger partial charge is 0.497 e. The van der Waals surface area contributed by atoms with Gasteiger partial charge in [-0.3, -0.25) is 4.90 Å². The number of rotatable bonds is 3. The third kappa shape index (κ3) is 2.46. The second kappa shape index (κ2) is 5.56. The first-order valence-corrected chi connectivity index (χ1v) is 7.47. The second-order valence-corrected chi connectivity index (χ2v) is 5.97. The molecule has 0 spiro atoms. The molecule has 2 aliphatic rings. The SMILES string of the molecule is COc1ccc(N2C(=O)OCC2(C)C2CCNCC2)cc1. The minimum Gasteiger partial charge on any atom is -0.497 e. The molecule has 2 fully saturated rings. The molecule has 0 bridgehead atoms. The minimum atomic E-state index is -0.270. The zero-order chi connectivity index (χ0) is 14.9. The molecule has 2 aliphatic heterocycles. The van der Waals surface area contributed by atoms with Crippen molar-refractivity contribution in [2.24, 2.45) is 5.92 Å². The summed E-state index contributed by atoms with van der Waals surface area (Å²) >= 11 is 0. The van der Waals surface area contributed by atoms with Crippen LogP contribution in [0, 0.1) is 5.92 Å². The standard InChI is InChI=1S/C16H22N2O3/c1-16(12-7-9-17-10-8-12)11-21-15(19)18(16)13-3-5-14(20-2)6-4-13/h3-6,12,17H,7-11H2,1-2H3. The Kier molecular flexibility index (Phi) is 3.76. The van der Waals surface area contributed by atoms with Gasteiger partial charge in [-0.05, 0) is 63.0 Å². The van der Waals surface area contributed by atoms with E-state index in [4.69, 9.17) is 9.47 Å². The van der Waals surface area contributed by atoms with E-state index >= 15 is 0 Å². The van der Waals surface area contributed by atoms with Crippen LogP contribution < -0.4 is 15.0 Å². The van der Waals surface area contributed by atoms with Crippen LogP contribution in [-0.2, 0) is 4.74 Å². The van der Waals surface area contributed by atoms with E-state index in [0.29, 0.717) is 12.5 Å². The lowest BCUT2D eigenvalue weighted by Gasteiger charge is -2.41. The molecule has 21 heavy (non-hydrogen) atoms. The van der Waals surface area contributed by atoms with Crippen LogP contribution in [-0.4, -0.2) is 38.4 Å². The number of amides is 1. The number of benzene rings is 1. The maximum atomic E-state index is 12.2. The summed E-state index contributed by atoms with van der Waals surface area (Å²) in [7, 11) is 1.64. The van der Waals surface area contributed by atoms with Crippen molar-refractivity contribution in [2.45, 2.75) is 25.3 Å². The van der Waals surface area contributed by atoms with Crippen molar-refractivity contribution >= 4 is 11.8 Å². The lowest BCUT2D eigenvalue weighted by molar-refractivity contribution is 0.156. The Balaban J connectivity index is 1.90. The van der Waals surface area contributed by atoms with Crippen molar-refractivity contribution in [3.8, 4) is 5.75 Å². The Morgan fingerprint density at radius 2 is 1.95 bits per heavy atom. The Morgan fingerprint density at radius 1 is 1.29 bits per heavy atom. The first kappa shape index (κ1) is 14.2. The van der Waals surface area contributed by atoms with E-state index < -0.39 is 0 Å². The Bertz CT molecular complexity index is 511.